The normalized spacial score (nSPS) is 16.9. The van der Waals surface area contributed by atoms with Crippen molar-refractivity contribution >= 4 is 23.2 Å². The number of carbonyl (C=O) groups is 2. The molecule has 16 heavy (non-hydrogen) atoms. The Hall–Kier alpha value is -1.49. The highest BCUT2D eigenvalue weighted by atomic mass is 32.1. The summed E-state index contributed by atoms with van der Waals surface area (Å²) in [5, 5.41) is 2.60. The number of hydrogen-bond donors (Lipinski definition) is 0. The minimum atomic E-state index is -0.684. The van der Waals surface area contributed by atoms with Crippen LogP contribution in [0.5, 0.6) is 0 Å². The summed E-state index contributed by atoms with van der Waals surface area (Å²) in [6, 6.07) is 0. The third-order valence-corrected chi connectivity index (χ3v) is 3.70. The van der Waals surface area contributed by atoms with Gasteiger partial charge in [-0.15, -0.1) is 11.3 Å². The van der Waals surface area contributed by atoms with Gasteiger partial charge in [0.25, 0.3) is 11.8 Å². The van der Waals surface area contributed by atoms with Crippen molar-refractivity contribution in [1.82, 2.24) is 9.88 Å². The van der Waals surface area contributed by atoms with Gasteiger partial charge >= 0.3 is 0 Å². The van der Waals surface area contributed by atoms with Gasteiger partial charge in [0, 0.05) is 23.2 Å². The van der Waals surface area contributed by atoms with Crippen LogP contribution in [0, 0.1) is 0 Å². The number of rotatable bonds is 2. The zero-order chi connectivity index (χ0) is 11.9. The molecule has 5 heteroatoms. The van der Waals surface area contributed by atoms with E-state index in [0.717, 1.165) is 5.01 Å². The molecule has 0 fully saturated rings. The number of imide groups is 1. The second kappa shape index (κ2) is 3.52. The monoisotopic (exact) mass is 236 g/mol. The molecule has 0 radical (unpaired) electrons. The van der Waals surface area contributed by atoms with Crippen LogP contribution < -0.4 is 0 Å². The molecule has 0 bridgehead atoms. The third-order valence-electron chi connectivity index (χ3n) is 2.62. The lowest BCUT2D eigenvalue weighted by atomic mass is 10.0. The zero-order valence-electron chi connectivity index (χ0n) is 9.35. The molecule has 0 aromatic carbocycles. The van der Waals surface area contributed by atoms with Gasteiger partial charge in [0.05, 0.1) is 5.54 Å². The molecule has 0 N–H and O–H groups in total. The number of carbonyl (C=O) groups excluding carboxylic acids is 2. The molecule has 1 aliphatic rings. The molecule has 0 unspecified atom stereocenters. The van der Waals surface area contributed by atoms with Crippen molar-refractivity contribution < 1.29 is 9.59 Å². The van der Waals surface area contributed by atoms with E-state index < -0.39 is 5.54 Å². The highest BCUT2D eigenvalue weighted by Gasteiger charge is 2.42. The lowest BCUT2D eigenvalue weighted by Gasteiger charge is -2.32. The molecule has 2 rings (SSSR count). The minimum absolute atomic E-state index is 0.231. The van der Waals surface area contributed by atoms with Crippen molar-refractivity contribution in [3.8, 4) is 0 Å². The summed E-state index contributed by atoms with van der Waals surface area (Å²) >= 11 is 1.44. The standard InChI is InChI=1S/C11H12N2O2S/c1-7-6-8(14)13(9(7)15)11(2,3)10-12-4-5-16-10/h4-6H,1-3H3. The maximum Gasteiger partial charge on any atom is 0.257 e. The number of amides is 2. The first-order valence-corrected chi connectivity index (χ1v) is 5.79. The molecule has 1 aromatic heterocycles. The Kier molecular flexibility index (Phi) is 2.42. The predicted molar refractivity (Wildman–Crippen MR) is 60.8 cm³/mol. The summed E-state index contributed by atoms with van der Waals surface area (Å²) in [5.41, 5.74) is -0.203. The quantitative estimate of drug-likeness (QED) is 0.734. The summed E-state index contributed by atoms with van der Waals surface area (Å²) in [4.78, 5) is 29.1. The van der Waals surface area contributed by atoms with Gasteiger partial charge < -0.3 is 0 Å². The van der Waals surface area contributed by atoms with Crippen LogP contribution in [-0.4, -0.2) is 21.7 Å². The van der Waals surface area contributed by atoms with E-state index >= 15 is 0 Å². The largest absolute Gasteiger partial charge is 0.269 e. The third kappa shape index (κ3) is 1.48. The van der Waals surface area contributed by atoms with Gasteiger partial charge in [-0.2, -0.15) is 0 Å². The molecule has 0 saturated carbocycles. The molecule has 4 nitrogen and oxygen atoms in total. The van der Waals surface area contributed by atoms with Gasteiger partial charge in [-0.1, -0.05) is 0 Å². The lowest BCUT2D eigenvalue weighted by Crippen LogP contribution is -2.45. The van der Waals surface area contributed by atoms with Gasteiger partial charge in [-0.3, -0.25) is 14.5 Å². The smallest absolute Gasteiger partial charge is 0.257 e. The second-order valence-electron chi connectivity index (χ2n) is 4.20. The highest BCUT2D eigenvalue weighted by Crippen LogP contribution is 2.33. The van der Waals surface area contributed by atoms with Gasteiger partial charge in [0.1, 0.15) is 5.01 Å². The van der Waals surface area contributed by atoms with Crippen molar-refractivity contribution in [2.45, 2.75) is 26.3 Å². The van der Waals surface area contributed by atoms with E-state index in [0.29, 0.717) is 5.57 Å². The molecule has 1 aromatic rings. The fourth-order valence-electron chi connectivity index (χ4n) is 1.74. The maximum absolute atomic E-state index is 11.9. The van der Waals surface area contributed by atoms with E-state index in [4.69, 9.17) is 0 Å². The number of hydrogen-bond acceptors (Lipinski definition) is 4. The molecular formula is C11H12N2O2S. The molecule has 1 aliphatic heterocycles. The molecule has 84 valence electrons. The van der Waals surface area contributed by atoms with Gasteiger partial charge in [-0.25, -0.2) is 4.98 Å². The lowest BCUT2D eigenvalue weighted by molar-refractivity contribution is -0.143. The number of thiazole rings is 1. The average Bonchev–Trinajstić information content (AvgIpc) is 2.76. The Bertz CT molecular complexity index is 474. The van der Waals surface area contributed by atoms with Gasteiger partial charge in [-0.05, 0) is 20.8 Å². The van der Waals surface area contributed by atoms with Crippen LogP contribution in [0.1, 0.15) is 25.8 Å². The number of aromatic nitrogens is 1. The van der Waals surface area contributed by atoms with E-state index in [1.807, 2.05) is 19.2 Å². The van der Waals surface area contributed by atoms with Crippen LogP contribution in [0.4, 0.5) is 0 Å². The fourth-order valence-corrected chi connectivity index (χ4v) is 2.49. The van der Waals surface area contributed by atoms with Crippen molar-refractivity contribution in [2.24, 2.45) is 0 Å². The molecule has 0 spiro atoms. The van der Waals surface area contributed by atoms with Crippen LogP contribution >= 0.6 is 11.3 Å². The molecule has 2 heterocycles. The van der Waals surface area contributed by atoms with E-state index in [1.54, 1.807) is 13.1 Å². The van der Waals surface area contributed by atoms with Crippen LogP contribution in [-0.2, 0) is 15.1 Å². The fraction of sp³-hybridized carbons (Fsp3) is 0.364. The van der Waals surface area contributed by atoms with E-state index in [1.165, 1.54) is 22.3 Å². The number of nitrogens with zero attached hydrogens (tertiary/aromatic N) is 2. The Morgan fingerprint density at radius 2 is 2.06 bits per heavy atom. The molecule has 0 atom stereocenters. The summed E-state index contributed by atoms with van der Waals surface area (Å²) in [7, 11) is 0. The van der Waals surface area contributed by atoms with Gasteiger partial charge in [0.15, 0.2) is 0 Å². The SMILES string of the molecule is CC1=CC(=O)N(C(C)(C)c2nccs2)C1=O. The summed E-state index contributed by atoms with van der Waals surface area (Å²) < 4.78 is 0. The van der Waals surface area contributed by atoms with Crippen LogP contribution in [0.3, 0.4) is 0 Å². The second-order valence-corrected chi connectivity index (χ2v) is 5.10. The van der Waals surface area contributed by atoms with Gasteiger partial charge in [0.2, 0.25) is 0 Å². The molecule has 2 amide bonds. The minimum Gasteiger partial charge on any atom is -0.269 e. The topological polar surface area (TPSA) is 50.3 Å². The summed E-state index contributed by atoms with van der Waals surface area (Å²) in [5.74, 6) is -0.493. The van der Waals surface area contributed by atoms with E-state index in [-0.39, 0.29) is 11.8 Å². The average molecular weight is 236 g/mol. The van der Waals surface area contributed by atoms with Crippen LogP contribution in [0.25, 0.3) is 0 Å². The maximum atomic E-state index is 11.9. The molecule has 0 aliphatic carbocycles. The van der Waals surface area contributed by atoms with Crippen molar-refractivity contribution in [2.75, 3.05) is 0 Å². The van der Waals surface area contributed by atoms with Crippen LogP contribution in [0.15, 0.2) is 23.2 Å². The first-order chi connectivity index (χ1) is 7.44. The molecule has 0 saturated heterocycles. The van der Waals surface area contributed by atoms with E-state index in [9.17, 15) is 9.59 Å². The van der Waals surface area contributed by atoms with E-state index in [2.05, 4.69) is 4.98 Å². The first-order valence-electron chi connectivity index (χ1n) is 4.91. The highest BCUT2D eigenvalue weighted by molar-refractivity contribution is 7.09. The Morgan fingerprint density at radius 3 is 2.50 bits per heavy atom. The van der Waals surface area contributed by atoms with Crippen molar-refractivity contribution in [3.63, 3.8) is 0 Å². The van der Waals surface area contributed by atoms with Crippen molar-refractivity contribution in [1.29, 1.82) is 0 Å². The Morgan fingerprint density at radius 1 is 1.38 bits per heavy atom. The molecular weight excluding hydrogens is 224 g/mol. The summed E-state index contributed by atoms with van der Waals surface area (Å²) in [6.07, 6.45) is 3.05. The predicted octanol–water partition coefficient (Wildman–Crippen LogP) is 1.69. The Labute approximate surface area is 97.6 Å². The van der Waals surface area contributed by atoms with Crippen LogP contribution in [0.2, 0.25) is 0 Å². The zero-order valence-corrected chi connectivity index (χ0v) is 10.2. The first kappa shape index (κ1) is 11.0. The van der Waals surface area contributed by atoms with Crippen molar-refractivity contribution in [3.05, 3.63) is 28.2 Å². The Balaban J connectivity index is 2.40. The summed E-state index contributed by atoms with van der Waals surface area (Å²) in [6.45, 7) is 5.31.